The van der Waals surface area contributed by atoms with E-state index in [1.165, 1.54) is 12.1 Å². The second-order valence-electron chi connectivity index (χ2n) is 5.96. The summed E-state index contributed by atoms with van der Waals surface area (Å²) in [6.07, 6.45) is 1.39. The number of amides is 1. The normalized spacial score (nSPS) is 21.0. The van der Waals surface area contributed by atoms with Gasteiger partial charge in [-0.3, -0.25) is 9.59 Å². The number of carboxylic acids is 1. The number of likely N-dealkylation sites (tertiary alicyclic amines) is 1. The van der Waals surface area contributed by atoms with Gasteiger partial charge in [0.05, 0.1) is 12.5 Å². The lowest BCUT2D eigenvalue weighted by molar-refractivity contribution is -0.148. The van der Waals surface area contributed by atoms with Crippen molar-refractivity contribution >= 4 is 11.9 Å². The number of benzene rings is 1. The Balaban J connectivity index is 1.70. The van der Waals surface area contributed by atoms with Gasteiger partial charge in [0.1, 0.15) is 11.6 Å². The molecule has 1 aromatic carbocycles. The highest BCUT2D eigenvalue weighted by Crippen LogP contribution is 2.24. The van der Waals surface area contributed by atoms with Crippen LogP contribution in [0.25, 0.3) is 0 Å². The molecule has 1 aliphatic heterocycles. The molecule has 1 heterocycles. The van der Waals surface area contributed by atoms with E-state index >= 15 is 0 Å². The van der Waals surface area contributed by atoms with E-state index in [0.717, 1.165) is 0 Å². The molecule has 126 valence electrons. The van der Waals surface area contributed by atoms with E-state index in [1.807, 2.05) is 6.92 Å². The van der Waals surface area contributed by atoms with Gasteiger partial charge < -0.3 is 14.7 Å². The first-order valence-corrected chi connectivity index (χ1v) is 7.86. The lowest BCUT2D eigenvalue weighted by Gasteiger charge is -2.35. The van der Waals surface area contributed by atoms with Gasteiger partial charge in [-0.15, -0.1) is 0 Å². The Morgan fingerprint density at radius 2 is 2.22 bits per heavy atom. The molecule has 0 spiro atoms. The van der Waals surface area contributed by atoms with Crippen LogP contribution >= 0.6 is 0 Å². The number of rotatable bonds is 6. The molecule has 5 nitrogen and oxygen atoms in total. The van der Waals surface area contributed by atoms with Gasteiger partial charge in [-0.05, 0) is 30.9 Å². The summed E-state index contributed by atoms with van der Waals surface area (Å²) >= 11 is 0. The van der Waals surface area contributed by atoms with Crippen LogP contribution in [0, 0.1) is 17.7 Å². The van der Waals surface area contributed by atoms with Gasteiger partial charge in [-0.25, -0.2) is 4.39 Å². The fraction of sp³-hybridized carbons (Fsp3) is 0.529. The molecule has 0 saturated carbocycles. The second-order valence-corrected chi connectivity index (χ2v) is 5.96. The van der Waals surface area contributed by atoms with Crippen molar-refractivity contribution in [3.63, 3.8) is 0 Å². The standard InChI is InChI=1S/C17H22FNO4/c1-12-11-19(8-7-15(12)17(21)22)16(20)6-3-9-23-14-5-2-4-13(18)10-14/h2,4-5,10,12,15H,3,6-9,11H2,1H3,(H,21,22). The quantitative estimate of drug-likeness (QED) is 0.817. The monoisotopic (exact) mass is 323 g/mol. The number of ether oxygens (including phenoxy) is 1. The van der Waals surface area contributed by atoms with Gasteiger partial charge >= 0.3 is 5.97 Å². The number of halogens is 1. The van der Waals surface area contributed by atoms with E-state index in [9.17, 15) is 14.0 Å². The fourth-order valence-corrected chi connectivity index (χ4v) is 2.87. The van der Waals surface area contributed by atoms with Crippen LogP contribution in [0.3, 0.4) is 0 Å². The summed E-state index contributed by atoms with van der Waals surface area (Å²) in [5, 5.41) is 9.09. The number of carboxylic acid groups (broad SMARTS) is 1. The molecule has 2 atom stereocenters. The predicted molar refractivity (Wildman–Crippen MR) is 82.6 cm³/mol. The van der Waals surface area contributed by atoms with E-state index in [0.29, 0.717) is 44.7 Å². The molecule has 1 fully saturated rings. The average molecular weight is 323 g/mol. The maximum atomic E-state index is 13.0. The van der Waals surface area contributed by atoms with Gasteiger partial charge in [0, 0.05) is 25.6 Å². The summed E-state index contributed by atoms with van der Waals surface area (Å²) < 4.78 is 18.4. The van der Waals surface area contributed by atoms with Crippen LogP contribution in [0.4, 0.5) is 4.39 Å². The molecule has 1 saturated heterocycles. The number of nitrogens with zero attached hydrogens (tertiary/aromatic N) is 1. The summed E-state index contributed by atoms with van der Waals surface area (Å²) in [5.41, 5.74) is 0. The zero-order chi connectivity index (χ0) is 16.8. The second kappa shape index (κ2) is 7.94. The molecule has 2 rings (SSSR count). The number of hydrogen-bond donors (Lipinski definition) is 1. The summed E-state index contributed by atoms with van der Waals surface area (Å²) in [7, 11) is 0. The van der Waals surface area contributed by atoms with Crippen LogP contribution in [0.1, 0.15) is 26.2 Å². The Morgan fingerprint density at radius 1 is 1.43 bits per heavy atom. The number of piperidine rings is 1. The number of carbonyl (C=O) groups excluding carboxylic acids is 1. The molecule has 0 aliphatic carbocycles. The largest absolute Gasteiger partial charge is 0.493 e. The first kappa shape index (κ1) is 17.2. The highest BCUT2D eigenvalue weighted by atomic mass is 19.1. The van der Waals surface area contributed by atoms with E-state index in [4.69, 9.17) is 9.84 Å². The van der Waals surface area contributed by atoms with Crippen LogP contribution in [0.15, 0.2) is 24.3 Å². The first-order chi connectivity index (χ1) is 11.0. The lowest BCUT2D eigenvalue weighted by Crippen LogP contribution is -2.45. The maximum absolute atomic E-state index is 13.0. The molecular weight excluding hydrogens is 301 g/mol. The van der Waals surface area contributed by atoms with Crippen molar-refractivity contribution in [2.45, 2.75) is 26.2 Å². The molecule has 2 unspecified atom stereocenters. The van der Waals surface area contributed by atoms with Crippen molar-refractivity contribution < 1.29 is 23.8 Å². The Labute approximate surface area is 135 Å². The molecular formula is C17H22FNO4. The van der Waals surface area contributed by atoms with Gasteiger partial charge in [-0.1, -0.05) is 13.0 Å². The van der Waals surface area contributed by atoms with Gasteiger partial charge in [-0.2, -0.15) is 0 Å². The minimum atomic E-state index is -0.784. The lowest BCUT2D eigenvalue weighted by atomic mass is 9.87. The van der Waals surface area contributed by atoms with Crippen molar-refractivity contribution in [3.8, 4) is 5.75 Å². The predicted octanol–water partition coefficient (Wildman–Crippen LogP) is 2.55. The van der Waals surface area contributed by atoms with E-state index < -0.39 is 5.97 Å². The third-order valence-electron chi connectivity index (χ3n) is 4.17. The first-order valence-electron chi connectivity index (χ1n) is 7.86. The smallest absolute Gasteiger partial charge is 0.306 e. The molecule has 23 heavy (non-hydrogen) atoms. The number of hydrogen-bond acceptors (Lipinski definition) is 3. The van der Waals surface area contributed by atoms with Crippen LogP contribution < -0.4 is 4.74 Å². The zero-order valence-electron chi connectivity index (χ0n) is 13.2. The highest BCUT2D eigenvalue weighted by molar-refractivity contribution is 5.77. The molecule has 1 amide bonds. The molecule has 0 bridgehead atoms. The summed E-state index contributed by atoms with van der Waals surface area (Å²) in [6, 6.07) is 5.89. The molecule has 0 radical (unpaired) electrons. The van der Waals surface area contributed by atoms with Gasteiger partial charge in [0.15, 0.2) is 0 Å². The topological polar surface area (TPSA) is 66.8 Å². The Bertz CT molecular complexity index is 563. The molecule has 1 aromatic rings. The summed E-state index contributed by atoms with van der Waals surface area (Å²) in [4.78, 5) is 24.9. The van der Waals surface area contributed by atoms with E-state index in [-0.39, 0.29) is 23.6 Å². The van der Waals surface area contributed by atoms with Crippen molar-refractivity contribution in [2.24, 2.45) is 11.8 Å². The van der Waals surface area contributed by atoms with Crippen molar-refractivity contribution in [2.75, 3.05) is 19.7 Å². The highest BCUT2D eigenvalue weighted by Gasteiger charge is 2.32. The zero-order valence-corrected chi connectivity index (χ0v) is 13.2. The van der Waals surface area contributed by atoms with Crippen LogP contribution in [0.5, 0.6) is 5.75 Å². The van der Waals surface area contributed by atoms with Crippen molar-refractivity contribution in [1.29, 1.82) is 0 Å². The van der Waals surface area contributed by atoms with Gasteiger partial charge in [0.2, 0.25) is 5.91 Å². The van der Waals surface area contributed by atoms with Crippen LogP contribution in [-0.4, -0.2) is 41.6 Å². The molecule has 1 N–H and O–H groups in total. The maximum Gasteiger partial charge on any atom is 0.306 e. The minimum Gasteiger partial charge on any atom is -0.493 e. The summed E-state index contributed by atoms with van der Waals surface area (Å²) in [6.45, 7) is 3.19. The van der Waals surface area contributed by atoms with Crippen LogP contribution in [0.2, 0.25) is 0 Å². The van der Waals surface area contributed by atoms with E-state index in [2.05, 4.69) is 0 Å². The fourth-order valence-electron chi connectivity index (χ4n) is 2.87. The summed E-state index contributed by atoms with van der Waals surface area (Å²) in [5.74, 6) is -1.07. The Morgan fingerprint density at radius 3 is 2.87 bits per heavy atom. The van der Waals surface area contributed by atoms with Crippen molar-refractivity contribution in [1.82, 2.24) is 4.90 Å². The third-order valence-corrected chi connectivity index (χ3v) is 4.17. The minimum absolute atomic E-state index is 0.0172. The Hall–Kier alpha value is -2.11. The van der Waals surface area contributed by atoms with Crippen molar-refractivity contribution in [3.05, 3.63) is 30.1 Å². The third kappa shape index (κ3) is 4.94. The van der Waals surface area contributed by atoms with E-state index in [1.54, 1.807) is 17.0 Å². The molecule has 1 aliphatic rings. The number of aliphatic carboxylic acids is 1. The average Bonchev–Trinajstić information content (AvgIpc) is 2.51. The van der Waals surface area contributed by atoms with Crippen LogP contribution in [-0.2, 0) is 9.59 Å². The SMILES string of the molecule is CC1CN(C(=O)CCCOc2cccc(F)c2)CCC1C(=O)O. The number of carbonyl (C=O) groups is 2. The molecule has 6 heteroatoms. The molecule has 0 aromatic heterocycles. The van der Waals surface area contributed by atoms with Gasteiger partial charge in [0.25, 0.3) is 0 Å². The Kier molecular flexibility index (Phi) is 5.96.